The molecule has 0 aromatic rings. The lowest BCUT2D eigenvalue weighted by atomic mass is 9.61. The first kappa shape index (κ1) is 10.3. The summed E-state index contributed by atoms with van der Waals surface area (Å²) in [5.41, 5.74) is 4.42. The summed E-state index contributed by atoms with van der Waals surface area (Å²) in [6.07, 6.45) is 2.46. The van der Waals surface area contributed by atoms with Gasteiger partial charge in [0.2, 0.25) is 5.92 Å². The predicted octanol–water partition coefficient (Wildman–Crippen LogP) is 1.81. The second-order valence-electron chi connectivity index (χ2n) is 4.90. The molecule has 0 saturated heterocycles. The van der Waals surface area contributed by atoms with Gasteiger partial charge in [-0.15, -0.1) is 0 Å². The van der Waals surface area contributed by atoms with Gasteiger partial charge in [-0.2, -0.15) is 0 Å². The summed E-state index contributed by atoms with van der Waals surface area (Å²) in [6.45, 7) is 0. The van der Waals surface area contributed by atoms with E-state index in [0.29, 0.717) is 12.8 Å². The lowest BCUT2D eigenvalue weighted by Gasteiger charge is -2.53. The lowest BCUT2D eigenvalue weighted by Crippen LogP contribution is -2.65. The summed E-state index contributed by atoms with van der Waals surface area (Å²) in [5, 5.41) is 10.1. The van der Waals surface area contributed by atoms with Crippen molar-refractivity contribution in [1.29, 1.82) is 0 Å². The summed E-state index contributed by atoms with van der Waals surface area (Å²) in [5.74, 6) is -2.57. The number of nitrogens with two attached hydrogens (primary N) is 1. The first-order valence-corrected chi connectivity index (χ1v) is 5.26. The van der Waals surface area contributed by atoms with Gasteiger partial charge < -0.3 is 10.8 Å². The third-order valence-electron chi connectivity index (χ3n) is 3.98. The van der Waals surface area contributed by atoms with Gasteiger partial charge in [0.15, 0.2) is 0 Å². The van der Waals surface area contributed by atoms with E-state index in [2.05, 4.69) is 0 Å². The van der Waals surface area contributed by atoms with Crippen LogP contribution >= 0.6 is 0 Å². The molecular formula is C10H17F2NO. The van der Waals surface area contributed by atoms with Crippen LogP contribution in [0.1, 0.15) is 44.9 Å². The van der Waals surface area contributed by atoms with Gasteiger partial charge in [-0.3, -0.25) is 0 Å². The van der Waals surface area contributed by atoms with E-state index in [0.717, 1.165) is 6.42 Å². The topological polar surface area (TPSA) is 46.2 Å². The lowest BCUT2D eigenvalue weighted by molar-refractivity contribution is -0.140. The molecule has 2 rings (SSSR count). The molecule has 82 valence electrons. The van der Waals surface area contributed by atoms with E-state index in [1.54, 1.807) is 0 Å². The molecule has 0 heterocycles. The zero-order chi connectivity index (χ0) is 10.4. The zero-order valence-electron chi connectivity index (χ0n) is 8.23. The van der Waals surface area contributed by atoms with Crippen molar-refractivity contribution in [1.82, 2.24) is 0 Å². The average molecular weight is 205 g/mol. The van der Waals surface area contributed by atoms with Crippen LogP contribution in [0.4, 0.5) is 8.78 Å². The first-order valence-electron chi connectivity index (χ1n) is 5.26. The van der Waals surface area contributed by atoms with Crippen molar-refractivity contribution in [2.75, 3.05) is 0 Å². The summed E-state index contributed by atoms with van der Waals surface area (Å²) in [7, 11) is 0. The summed E-state index contributed by atoms with van der Waals surface area (Å²) in [4.78, 5) is 0. The standard InChI is InChI=1S/C10H17F2NO/c11-10(12)6-4-8(13,5-7-10)9(14)2-1-3-9/h14H,1-7,13H2. The Hall–Kier alpha value is -0.220. The monoisotopic (exact) mass is 205 g/mol. The second-order valence-corrected chi connectivity index (χ2v) is 4.90. The van der Waals surface area contributed by atoms with E-state index in [4.69, 9.17) is 5.73 Å². The highest BCUT2D eigenvalue weighted by Gasteiger charge is 2.55. The Morgan fingerprint density at radius 1 is 0.929 bits per heavy atom. The highest BCUT2D eigenvalue weighted by Crippen LogP contribution is 2.49. The maximum absolute atomic E-state index is 12.9. The molecule has 0 aliphatic heterocycles. The summed E-state index contributed by atoms with van der Waals surface area (Å²) >= 11 is 0. The van der Waals surface area contributed by atoms with Gasteiger partial charge >= 0.3 is 0 Å². The van der Waals surface area contributed by atoms with Crippen LogP contribution in [0.15, 0.2) is 0 Å². The Morgan fingerprint density at radius 2 is 1.43 bits per heavy atom. The van der Waals surface area contributed by atoms with Crippen LogP contribution in [-0.4, -0.2) is 22.2 Å². The van der Waals surface area contributed by atoms with Gasteiger partial charge in [-0.1, -0.05) is 0 Å². The average Bonchev–Trinajstić information content (AvgIpc) is 2.07. The normalized spacial score (nSPS) is 33.4. The number of aliphatic hydroxyl groups is 1. The van der Waals surface area contributed by atoms with Gasteiger partial charge in [0.1, 0.15) is 0 Å². The number of rotatable bonds is 1. The molecule has 0 atom stereocenters. The number of hydrogen-bond donors (Lipinski definition) is 2. The maximum Gasteiger partial charge on any atom is 0.248 e. The largest absolute Gasteiger partial charge is 0.388 e. The van der Waals surface area contributed by atoms with Crippen LogP contribution < -0.4 is 5.73 Å². The molecule has 2 saturated carbocycles. The molecule has 0 aromatic heterocycles. The van der Waals surface area contributed by atoms with Gasteiger partial charge in [-0.25, -0.2) is 8.78 Å². The Bertz CT molecular complexity index is 228. The fourth-order valence-electron chi connectivity index (χ4n) is 2.54. The molecular weight excluding hydrogens is 188 g/mol. The van der Waals surface area contributed by atoms with Gasteiger partial charge in [0, 0.05) is 18.4 Å². The molecule has 14 heavy (non-hydrogen) atoms. The maximum atomic E-state index is 12.9. The fourth-order valence-corrected chi connectivity index (χ4v) is 2.54. The van der Waals surface area contributed by atoms with Gasteiger partial charge in [0.25, 0.3) is 0 Å². The molecule has 0 radical (unpaired) electrons. The Kier molecular flexibility index (Phi) is 2.13. The van der Waals surface area contributed by atoms with Crippen molar-refractivity contribution in [2.45, 2.75) is 62.0 Å². The molecule has 2 aliphatic rings. The molecule has 3 N–H and O–H groups in total. The molecule has 0 aromatic carbocycles. The number of hydrogen-bond acceptors (Lipinski definition) is 2. The SMILES string of the molecule is NC1(C2(O)CCC2)CCC(F)(F)CC1. The first-order chi connectivity index (χ1) is 6.37. The van der Waals surface area contributed by atoms with Crippen LogP contribution in [0.3, 0.4) is 0 Å². The van der Waals surface area contributed by atoms with Crippen LogP contribution in [0, 0.1) is 0 Å². The minimum atomic E-state index is -2.57. The van der Waals surface area contributed by atoms with E-state index >= 15 is 0 Å². The summed E-state index contributed by atoms with van der Waals surface area (Å²) in [6, 6.07) is 0. The molecule has 2 fully saturated rings. The highest BCUT2D eigenvalue weighted by atomic mass is 19.3. The molecule has 0 unspecified atom stereocenters. The van der Waals surface area contributed by atoms with Crippen molar-refractivity contribution < 1.29 is 13.9 Å². The van der Waals surface area contributed by atoms with Crippen LogP contribution in [0.5, 0.6) is 0 Å². The fraction of sp³-hybridized carbons (Fsp3) is 1.00. The third-order valence-corrected chi connectivity index (χ3v) is 3.98. The van der Waals surface area contributed by atoms with Crippen LogP contribution in [-0.2, 0) is 0 Å². The second kappa shape index (κ2) is 2.89. The number of halogens is 2. The van der Waals surface area contributed by atoms with E-state index in [1.807, 2.05) is 0 Å². The van der Waals surface area contributed by atoms with Gasteiger partial charge in [0.05, 0.1) is 5.60 Å². The van der Waals surface area contributed by atoms with E-state index in [1.165, 1.54) is 0 Å². The van der Waals surface area contributed by atoms with Crippen molar-refractivity contribution in [2.24, 2.45) is 5.73 Å². The van der Waals surface area contributed by atoms with E-state index in [9.17, 15) is 13.9 Å². The minimum absolute atomic E-state index is 0.175. The molecule has 2 nitrogen and oxygen atoms in total. The van der Waals surface area contributed by atoms with Crippen molar-refractivity contribution in [3.05, 3.63) is 0 Å². The highest BCUT2D eigenvalue weighted by molar-refractivity contribution is 5.10. The number of alkyl halides is 2. The Balaban J connectivity index is 2.05. The quantitative estimate of drug-likeness (QED) is 0.685. The van der Waals surface area contributed by atoms with Gasteiger partial charge in [-0.05, 0) is 32.1 Å². The summed E-state index contributed by atoms with van der Waals surface area (Å²) < 4.78 is 25.8. The predicted molar refractivity (Wildman–Crippen MR) is 49.1 cm³/mol. The van der Waals surface area contributed by atoms with Crippen LogP contribution in [0.2, 0.25) is 0 Å². The zero-order valence-corrected chi connectivity index (χ0v) is 8.23. The smallest absolute Gasteiger partial charge is 0.248 e. The van der Waals surface area contributed by atoms with Crippen molar-refractivity contribution in [3.8, 4) is 0 Å². The molecule has 0 amide bonds. The minimum Gasteiger partial charge on any atom is -0.388 e. The van der Waals surface area contributed by atoms with Crippen LogP contribution in [0.25, 0.3) is 0 Å². The van der Waals surface area contributed by atoms with Crippen molar-refractivity contribution in [3.63, 3.8) is 0 Å². The van der Waals surface area contributed by atoms with Crippen molar-refractivity contribution >= 4 is 0 Å². The molecule has 2 aliphatic carbocycles. The third kappa shape index (κ3) is 1.44. The Labute approximate surface area is 82.5 Å². The molecule has 0 bridgehead atoms. The van der Waals surface area contributed by atoms with E-state index in [-0.39, 0.29) is 25.7 Å². The Morgan fingerprint density at radius 3 is 1.79 bits per heavy atom. The van der Waals surface area contributed by atoms with E-state index < -0.39 is 17.1 Å². The molecule has 0 spiro atoms. The molecule has 4 heteroatoms.